The first-order chi connectivity index (χ1) is 10.1. The molecule has 0 amide bonds. The highest BCUT2D eigenvalue weighted by atomic mass is 19.2. The van der Waals surface area contributed by atoms with Crippen molar-refractivity contribution in [3.05, 3.63) is 53.0 Å². The molecule has 21 heavy (non-hydrogen) atoms. The van der Waals surface area contributed by atoms with Crippen LogP contribution in [0, 0.1) is 17.5 Å². The normalized spacial score (nSPS) is 12.2. The smallest absolute Gasteiger partial charge is 0.233 e. The van der Waals surface area contributed by atoms with E-state index in [0.29, 0.717) is 18.1 Å². The summed E-state index contributed by atoms with van der Waals surface area (Å²) in [5, 5.41) is 10.7. The summed E-state index contributed by atoms with van der Waals surface area (Å²) in [5.74, 6) is -3.66. The number of hydrogen-bond donors (Lipinski definition) is 1. The van der Waals surface area contributed by atoms with Crippen molar-refractivity contribution in [2.75, 3.05) is 13.7 Å². The molecular formula is C14H14F3N3O. The summed E-state index contributed by atoms with van der Waals surface area (Å²) < 4.78 is 45.3. The minimum atomic E-state index is -1.50. The lowest BCUT2D eigenvalue weighted by Crippen LogP contribution is -2.24. The molecule has 2 aromatic rings. The maximum atomic E-state index is 13.9. The van der Waals surface area contributed by atoms with E-state index in [1.54, 1.807) is 12.1 Å². The molecule has 7 heteroatoms. The first-order valence-electron chi connectivity index (χ1n) is 6.32. The number of rotatable bonds is 5. The van der Waals surface area contributed by atoms with E-state index in [9.17, 15) is 13.2 Å². The van der Waals surface area contributed by atoms with Gasteiger partial charge in [0.25, 0.3) is 0 Å². The molecule has 1 heterocycles. The average Bonchev–Trinajstić information content (AvgIpc) is 2.51. The highest BCUT2D eigenvalue weighted by Gasteiger charge is 2.23. The Balaban J connectivity index is 2.45. The zero-order valence-electron chi connectivity index (χ0n) is 11.5. The summed E-state index contributed by atoms with van der Waals surface area (Å²) in [5.41, 5.74) is 0.345. The third-order valence-electron chi connectivity index (χ3n) is 2.95. The van der Waals surface area contributed by atoms with Gasteiger partial charge in [0.2, 0.25) is 5.88 Å². The second-order valence-electron chi connectivity index (χ2n) is 4.26. The van der Waals surface area contributed by atoms with Crippen LogP contribution in [0.4, 0.5) is 13.2 Å². The molecule has 0 saturated carbocycles. The Labute approximate surface area is 120 Å². The second kappa shape index (κ2) is 6.53. The second-order valence-corrected chi connectivity index (χ2v) is 4.26. The van der Waals surface area contributed by atoms with Crippen LogP contribution in [0.3, 0.4) is 0 Å². The van der Waals surface area contributed by atoms with Gasteiger partial charge in [-0.3, -0.25) is 0 Å². The van der Waals surface area contributed by atoms with Gasteiger partial charge in [-0.05, 0) is 18.7 Å². The quantitative estimate of drug-likeness (QED) is 0.862. The Morgan fingerprint density at radius 2 is 1.86 bits per heavy atom. The summed E-state index contributed by atoms with van der Waals surface area (Å²) in [4.78, 5) is 0. The molecule has 0 saturated heterocycles. The van der Waals surface area contributed by atoms with E-state index >= 15 is 0 Å². The van der Waals surface area contributed by atoms with E-state index in [0.717, 1.165) is 6.07 Å². The van der Waals surface area contributed by atoms with Gasteiger partial charge in [0.15, 0.2) is 17.5 Å². The van der Waals surface area contributed by atoms with E-state index in [-0.39, 0.29) is 5.56 Å². The lowest BCUT2D eigenvalue weighted by atomic mass is 10.0. The molecule has 1 unspecified atom stereocenters. The number of halogens is 3. The third-order valence-corrected chi connectivity index (χ3v) is 2.95. The molecular weight excluding hydrogens is 283 g/mol. The van der Waals surface area contributed by atoms with Crippen molar-refractivity contribution in [2.45, 2.75) is 13.0 Å². The fraction of sp³-hybridized carbons (Fsp3) is 0.286. The monoisotopic (exact) mass is 297 g/mol. The van der Waals surface area contributed by atoms with Gasteiger partial charge in [0.05, 0.1) is 18.8 Å². The number of nitrogens with one attached hydrogen (secondary N) is 1. The van der Waals surface area contributed by atoms with Crippen molar-refractivity contribution in [2.24, 2.45) is 0 Å². The van der Waals surface area contributed by atoms with Crippen molar-refractivity contribution in [3.63, 3.8) is 0 Å². The van der Waals surface area contributed by atoms with Crippen LogP contribution in [0.25, 0.3) is 0 Å². The maximum Gasteiger partial charge on any atom is 0.233 e. The molecule has 0 aliphatic heterocycles. The topological polar surface area (TPSA) is 47.0 Å². The van der Waals surface area contributed by atoms with E-state index in [2.05, 4.69) is 15.5 Å². The van der Waals surface area contributed by atoms with Crippen LogP contribution in [0.15, 0.2) is 24.3 Å². The Hall–Kier alpha value is -2.15. The van der Waals surface area contributed by atoms with Crippen LogP contribution >= 0.6 is 0 Å². The van der Waals surface area contributed by atoms with Gasteiger partial charge in [-0.25, -0.2) is 13.2 Å². The Bertz CT molecular complexity index is 620. The van der Waals surface area contributed by atoms with Crippen molar-refractivity contribution >= 4 is 0 Å². The highest BCUT2D eigenvalue weighted by molar-refractivity contribution is 5.30. The Kier molecular flexibility index (Phi) is 4.74. The summed E-state index contributed by atoms with van der Waals surface area (Å²) in [6.45, 7) is 2.29. The minimum Gasteiger partial charge on any atom is -0.480 e. The molecule has 1 aromatic heterocycles. The van der Waals surface area contributed by atoms with Crippen LogP contribution in [0.5, 0.6) is 5.88 Å². The fourth-order valence-corrected chi connectivity index (χ4v) is 1.93. The molecule has 0 radical (unpaired) electrons. The molecule has 0 spiro atoms. The lowest BCUT2D eigenvalue weighted by Gasteiger charge is -2.18. The first kappa shape index (κ1) is 15.2. The largest absolute Gasteiger partial charge is 0.480 e. The van der Waals surface area contributed by atoms with Crippen molar-refractivity contribution < 1.29 is 17.9 Å². The van der Waals surface area contributed by atoms with E-state index in [1.165, 1.54) is 13.2 Å². The predicted octanol–water partition coefficient (Wildman–Crippen LogP) is 2.60. The van der Waals surface area contributed by atoms with Crippen LogP contribution in [-0.2, 0) is 0 Å². The predicted molar refractivity (Wildman–Crippen MR) is 70.4 cm³/mol. The highest BCUT2D eigenvalue weighted by Crippen LogP contribution is 2.26. The molecule has 4 nitrogen and oxygen atoms in total. The fourth-order valence-electron chi connectivity index (χ4n) is 1.93. The number of benzene rings is 1. The first-order valence-corrected chi connectivity index (χ1v) is 6.32. The van der Waals surface area contributed by atoms with Gasteiger partial charge in [-0.15, -0.1) is 10.2 Å². The molecule has 1 aromatic carbocycles. The van der Waals surface area contributed by atoms with E-state index in [4.69, 9.17) is 4.74 Å². The summed E-state index contributed by atoms with van der Waals surface area (Å²) in [7, 11) is 1.44. The minimum absolute atomic E-state index is 0.0322. The van der Waals surface area contributed by atoms with Crippen molar-refractivity contribution in [1.29, 1.82) is 0 Å². The van der Waals surface area contributed by atoms with Gasteiger partial charge in [-0.2, -0.15) is 0 Å². The van der Waals surface area contributed by atoms with Crippen LogP contribution < -0.4 is 10.1 Å². The maximum absolute atomic E-state index is 13.9. The van der Waals surface area contributed by atoms with Crippen LogP contribution in [-0.4, -0.2) is 23.9 Å². The molecule has 0 bridgehead atoms. The van der Waals surface area contributed by atoms with Gasteiger partial charge in [-0.1, -0.05) is 13.0 Å². The lowest BCUT2D eigenvalue weighted by molar-refractivity contribution is 0.389. The number of aromatic nitrogens is 2. The SMILES string of the molecule is CCNC(c1ccc(OC)nn1)c1ccc(F)c(F)c1F. The molecule has 1 atom stereocenters. The summed E-state index contributed by atoms with van der Waals surface area (Å²) in [6, 6.07) is 4.48. The molecule has 0 aliphatic rings. The van der Waals surface area contributed by atoms with Gasteiger partial charge >= 0.3 is 0 Å². The van der Waals surface area contributed by atoms with Gasteiger partial charge in [0.1, 0.15) is 0 Å². The third kappa shape index (κ3) is 3.13. The van der Waals surface area contributed by atoms with E-state index in [1.807, 2.05) is 6.92 Å². The standard InChI is InChI=1S/C14H14F3N3O/c1-3-18-14(10-6-7-11(21-2)20-19-10)8-4-5-9(15)13(17)12(8)16/h4-7,14,18H,3H2,1-2H3. The number of nitrogens with zero attached hydrogens (tertiary/aromatic N) is 2. The van der Waals surface area contributed by atoms with Gasteiger partial charge in [0, 0.05) is 11.6 Å². The van der Waals surface area contributed by atoms with Crippen molar-refractivity contribution in [3.8, 4) is 5.88 Å². The van der Waals surface area contributed by atoms with E-state index < -0.39 is 23.5 Å². The van der Waals surface area contributed by atoms with Crippen molar-refractivity contribution in [1.82, 2.24) is 15.5 Å². The zero-order chi connectivity index (χ0) is 15.4. The molecule has 0 aliphatic carbocycles. The molecule has 0 fully saturated rings. The Morgan fingerprint density at radius 1 is 1.10 bits per heavy atom. The summed E-state index contributed by atoms with van der Waals surface area (Å²) in [6.07, 6.45) is 0. The number of hydrogen-bond acceptors (Lipinski definition) is 4. The van der Waals surface area contributed by atoms with Crippen LogP contribution in [0.1, 0.15) is 24.2 Å². The number of ether oxygens (including phenoxy) is 1. The molecule has 1 N–H and O–H groups in total. The Morgan fingerprint density at radius 3 is 2.43 bits per heavy atom. The average molecular weight is 297 g/mol. The molecule has 112 valence electrons. The summed E-state index contributed by atoms with van der Waals surface area (Å²) >= 11 is 0. The zero-order valence-corrected chi connectivity index (χ0v) is 11.5. The van der Waals surface area contributed by atoms with Gasteiger partial charge < -0.3 is 10.1 Å². The number of methoxy groups -OCH3 is 1. The van der Waals surface area contributed by atoms with Crippen LogP contribution in [0.2, 0.25) is 0 Å². The molecule has 2 rings (SSSR count).